The van der Waals surface area contributed by atoms with Gasteiger partial charge in [-0.05, 0) is 36.3 Å². The zero-order chi connectivity index (χ0) is 14.5. The Hall–Kier alpha value is -1.61. The Morgan fingerprint density at radius 1 is 1.25 bits per heavy atom. The molecule has 2 aliphatic carbocycles. The lowest BCUT2D eigenvalue weighted by atomic mass is 9.70. The van der Waals surface area contributed by atoms with Gasteiger partial charge in [-0.2, -0.15) is 0 Å². The molecule has 0 aromatic heterocycles. The van der Waals surface area contributed by atoms with Gasteiger partial charge in [-0.3, -0.25) is 10.0 Å². The summed E-state index contributed by atoms with van der Waals surface area (Å²) in [4.78, 5) is 12.7. The quantitative estimate of drug-likeness (QED) is 0.657. The maximum atomic E-state index is 12.7. The van der Waals surface area contributed by atoms with Crippen molar-refractivity contribution in [2.24, 2.45) is 16.7 Å². The van der Waals surface area contributed by atoms with Crippen LogP contribution in [0.4, 0.5) is 5.69 Å². The van der Waals surface area contributed by atoms with E-state index in [9.17, 15) is 10.0 Å². The molecule has 0 amide bonds. The molecular weight excluding hydrogens is 250 g/mol. The normalized spacial score (nSPS) is 32.9. The highest BCUT2D eigenvalue weighted by Crippen LogP contribution is 2.65. The fourth-order valence-corrected chi connectivity index (χ4v) is 3.86. The predicted octanol–water partition coefficient (Wildman–Crippen LogP) is 3.79. The van der Waals surface area contributed by atoms with Crippen LogP contribution in [0.2, 0.25) is 0 Å². The van der Waals surface area contributed by atoms with Crippen molar-refractivity contribution in [3.8, 4) is 0 Å². The lowest BCUT2D eigenvalue weighted by Crippen LogP contribution is -2.32. The number of rotatable bonds is 2. The second-order valence-electron chi connectivity index (χ2n) is 6.74. The summed E-state index contributed by atoms with van der Waals surface area (Å²) in [6.45, 7) is 6.42. The van der Waals surface area contributed by atoms with Gasteiger partial charge < -0.3 is 0 Å². The Balaban J connectivity index is 1.96. The topological polar surface area (TPSA) is 40.5 Å². The van der Waals surface area contributed by atoms with E-state index in [1.807, 2.05) is 30.3 Å². The van der Waals surface area contributed by atoms with E-state index in [1.54, 1.807) is 6.20 Å². The number of hydroxylamine groups is 1. The molecule has 3 heteroatoms. The number of benzene rings is 1. The van der Waals surface area contributed by atoms with E-state index >= 15 is 0 Å². The molecule has 1 N–H and O–H groups in total. The number of carbonyl (C=O) groups excluding carboxylic acids is 1. The van der Waals surface area contributed by atoms with Gasteiger partial charge in [-0.15, -0.1) is 0 Å². The number of nitrogens with zero attached hydrogens (tertiary/aromatic N) is 1. The maximum Gasteiger partial charge on any atom is 0.167 e. The van der Waals surface area contributed by atoms with E-state index in [-0.39, 0.29) is 22.5 Å². The minimum absolute atomic E-state index is 0.0204. The molecule has 1 aromatic rings. The number of hydrogen-bond acceptors (Lipinski definition) is 3. The monoisotopic (exact) mass is 271 g/mol. The third-order valence-corrected chi connectivity index (χ3v) is 5.65. The van der Waals surface area contributed by atoms with Crippen LogP contribution in [-0.2, 0) is 4.79 Å². The molecule has 2 bridgehead atoms. The molecule has 20 heavy (non-hydrogen) atoms. The molecule has 0 heterocycles. The van der Waals surface area contributed by atoms with E-state index in [0.717, 1.165) is 23.5 Å². The van der Waals surface area contributed by atoms with Crippen LogP contribution in [0.15, 0.2) is 42.1 Å². The number of fused-ring (bicyclic) bond motifs is 2. The second-order valence-corrected chi connectivity index (χ2v) is 6.74. The number of para-hydroxylation sites is 1. The van der Waals surface area contributed by atoms with Gasteiger partial charge in [-0.1, -0.05) is 39.0 Å². The highest BCUT2D eigenvalue weighted by atomic mass is 16.5. The lowest BCUT2D eigenvalue weighted by Gasteiger charge is -2.31. The van der Waals surface area contributed by atoms with Crippen LogP contribution in [0.1, 0.15) is 33.6 Å². The number of allylic oxidation sites excluding steroid dienone is 1. The van der Waals surface area contributed by atoms with E-state index < -0.39 is 0 Å². The van der Waals surface area contributed by atoms with Crippen LogP contribution in [0.25, 0.3) is 0 Å². The number of hydrogen-bond donors (Lipinski definition) is 1. The lowest BCUT2D eigenvalue weighted by molar-refractivity contribution is -0.125. The van der Waals surface area contributed by atoms with Crippen LogP contribution in [-0.4, -0.2) is 11.0 Å². The Morgan fingerprint density at radius 3 is 2.45 bits per heavy atom. The van der Waals surface area contributed by atoms with Crippen LogP contribution < -0.4 is 5.06 Å². The molecular formula is C17H21NO2. The smallest absolute Gasteiger partial charge is 0.167 e. The van der Waals surface area contributed by atoms with E-state index in [4.69, 9.17) is 0 Å². The van der Waals surface area contributed by atoms with Gasteiger partial charge >= 0.3 is 0 Å². The van der Waals surface area contributed by atoms with Crippen LogP contribution in [0.3, 0.4) is 0 Å². The molecule has 0 radical (unpaired) electrons. The van der Waals surface area contributed by atoms with Crippen molar-refractivity contribution in [3.05, 3.63) is 42.1 Å². The first-order chi connectivity index (χ1) is 9.38. The molecule has 2 saturated carbocycles. The van der Waals surface area contributed by atoms with Gasteiger partial charge in [0.2, 0.25) is 0 Å². The Morgan fingerprint density at radius 2 is 1.90 bits per heavy atom. The molecule has 0 unspecified atom stereocenters. The Bertz CT molecular complexity index is 576. The zero-order valence-electron chi connectivity index (χ0n) is 12.3. The predicted molar refractivity (Wildman–Crippen MR) is 78.4 cm³/mol. The second kappa shape index (κ2) is 4.19. The van der Waals surface area contributed by atoms with Gasteiger partial charge in [0.15, 0.2) is 5.78 Å². The third-order valence-electron chi connectivity index (χ3n) is 5.65. The van der Waals surface area contributed by atoms with Crippen molar-refractivity contribution in [1.29, 1.82) is 0 Å². The van der Waals surface area contributed by atoms with E-state index in [1.165, 1.54) is 0 Å². The molecule has 3 rings (SSSR count). The van der Waals surface area contributed by atoms with E-state index in [0.29, 0.717) is 5.69 Å². The summed E-state index contributed by atoms with van der Waals surface area (Å²) in [5, 5.41) is 11.3. The molecule has 1 aromatic carbocycles. The summed E-state index contributed by atoms with van der Waals surface area (Å²) in [6.07, 6.45) is 3.61. The van der Waals surface area contributed by atoms with Crippen LogP contribution in [0, 0.1) is 16.7 Å². The molecule has 0 aliphatic heterocycles. The standard InChI is InChI=1S/C17H21NO2/c1-16(2)14-9-10-17(16,3)15(19)13(14)11-18(20)12-7-5-4-6-8-12/h4-8,11,14,20H,9-10H2,1-3H3/t14-,17+/m0/s1. The number of carbonyl (C=O) groups is 1. The molecule has 2 aliphatic rings. The fraction of sp³-hybridized carbons (Fsp3) is 0.471. The number of anilines is 1. The minimum atomic E-state index is -0.277. The van der Waals surface area contributed by atoms with Gasteiger partial charge in [0, 0.05) is 17.2 Å². The van der Waals surface area contributed by atoms with Gasteiger partial charge in [-0.25, -0.2) is 5.06 Å². The molecule has 0 saturated heterocycles. The molecule has 0 spiro atoms. The van der Waals surface area contributed by atoms with Crippen molar-refractivity contribution >= 4 is 11.5 Å². The first kappa shape index (κ1) is 13.4. The van der Waals surface area contributed by atoms with Crippen molar-refractivity contribution in [1.82, 2.24) is 0 Å². The van der Waals surface area contributed by atoms with Crippen molar-refractivity contribution in [2.45, 2.75) is 33.6 Å². The van der Waals surface area contributed by atoms with Gasteiger partial charge in [0.05, 0.1) is 5.69 Å². The zero-order valence-corrected chi connectivity index (χ0v) is 12.3. The highest BCUT2D eigenvalue weighted by Gasteiger charge is 2.64. The summed E-state index contributed by atoms with van der Waals surface area (Å²) in [5.41, 5.74) is 1.16. The van der Waals surface area contributed by atoms with E-state index in [2.05, 4.69) is 20.8 Å². The summed E-state index contributed by atoms with van der Waals surface area (Å²) in [6, 6.07) is 9.27. The molecule has 106 valence electrons. The molecule has 2 atom stereocenters. The third kappa shape index (κ3) is 1.59. The van der Waals surface area contributed by atoms with Crippen LogP contribution >= 0.6 is 0 Å². The largest absolute Gasteiger partial charge is 0.294 e. The number of Topliss-reactive ketones (excluding diaryl/α,β-unsaturated/α-hetero) is 1. The Kier molecular flexibility index (Phi) is 2.80. The summed E-state index contributed by atoms with van der Waals surface area (Å²) in [5.74, 6) is 0.451. The van der Waals surface area contributed by atoms with Gasteiger partial charge in [0.25, 0.3) is 0 Å². The molecule has 2 fully saturated rings. The maximum absolute atomic E-state index is 12.7. The first-order valence-corrected chi connectivity index (χ1v) is 7.17. The van der Waals surface area contributed by atoms with Crippen molar-refractivity contribution < 1.29 is 10.0 Å². The average Bonchev–Trinajstić information content (AvgIpc) is 2.74. The average molecular weight is 271 g/mol. The highest BCUT2D eigenvalue weighted by molar-refractivity contribution is 6.04. The van der Waals surface area contributed by atoms with Crippen LogP contribution in [0.5, 0.6) is 0 Å². The summed E-state index contributed by atoms with van der Waals surface area (Å²) < 4.78 is 0. The van der Waals surface area contributed by atoms with Crippen molar-refractivity contribution in [2.75, 3.05) is 5.06 Å². The van der Waals surface area contributed by atoms with Gasteiger partial charge in [0.1, 0.15) is 0 Å². The summed E-state index contributed by atoms with van der Waals surface area (Å²) in [7, 11) is 0. The summed E-state index contributed by atoms with van der Waals surface area (Å²) >= 11 is 0. The Labute approximate surface area is 119 Å². The number of ketones is 1. The first-order valence-electron chi connectivity index (χ1n) is 7.17. The fourth-order valence-electron chi connectivity index (χ4n) is 3.86. The SMILES string of the molecule is CC1(C)[C@H]2CC[C@]1(C)C(=O)C2=CN(O)c1ccccc1. The van der Waals surface area contributed by atoms with Crippen molar-refractivity contribution in [3.63, 3.8) is 0 Å². The minimum Gasteiger partial charge on any atom is -0.294 e. The molecule has 3 nitrogen and oxygen atoms in total.